The minimum atomic E-state index is -3.14. The van der Waals surface area contributed by atoms with Crippen LogP contribution in [0.2, 0.25) is 0 Å². The van der Waals surface area contributed by atoms with Crippen LogP contribution >= 0.6 is 0 Å². The monoisotopic (exact) mass is 468 g/mol. The van der Waals surface area contributed by atoms with Crippen LogP contribution in [-0.4, -0.2) is 40.6 Å². The molecule has 0 spiro atoms. The summed E-state index contributed by atoms with van der Waals surface area (Å²) < 4.78 is 44.4. The highest BCUT2D eigenvalue weighted by Crippen LogP contribution is 2.32. The van der Waals surface area contributed by atoms with Gasteiger partial charge in [-0.3, -0.25) is 4.79 Å². The van der Waals surface area contributed by atoms with Gasteiger partial charge in [0, 0.05) is 6.54 Å². The number of hydrogen-bond donors (Lipinski definition) is 1. The van der Waals surface area contributed by atoms with Crippen molar-refractivity contribution in [3.8, 4) is 11.5 Å². The number of carbonyl (C=O) groups excluding carboxylic acids is 1. The molecule has 1 aliphatic heterocycles. The van der Waals surface area contributed by atoms with Crippen molar-refractivity contribution in [3.05, 3.63) is 71.4 Å². The van der Waals surface area contributed by atoms with Gasteiger partial charge in [-0.05, 0) is 49.2 Å². The average Bonchev–Trinajstić information content (AvgIpc) is 3.52. The molecule has 33 heavy (non-hydrogen) atoms. The van der Waals surface area contributed by atoms with Crippen molar-refractivity contribution in [3.63, 3.8) is 0 Å². The number of hydrogen-bond acceptors (Lipinski definition) is 6. The first-order valence-electron chi connectivity index (χ1n) is 10.5. The quantitative estimate of drug-likeness (QED) is 0.481. The van der Waals surface area contributed by atoms with E-state index < -0.39 is 9.84 Å². The molecule has 0 radical (unpaired) electrons. The number of benzene rings is 1. The van der Waals surface area contributed by atoms with Crippen LogP contribution in [0.25, 0.3) is 22.5 Å². The Balaban J connectivity index is 1.58. The van der Waals surface area contributed by atoms with E-state index in [4.69, 9.17) is 9.40 Å². The van der Waals surface area contributed by atoms with E-state index in [-0.39, 0.29) is 35.8 Å². The molecule has 10 heteroatoms. The lowest BCUT2D eigenvalue weighted by Crippen LogP contribution is -2.23. The van der Waals surface area contributed by atoms with Crippen LogP contribution in [0.15, 0.2) is 53.1 Å². The van der Waals surface area contributed by atoms with E-state index in [1.54, 1.807) is 41.9 Å². The van der Waals surface area contributed by atoms with Crippen molar-refractivity contribution in [2.75, 3.05) is 11.5 Å². The number of halogens is 1. The lowest BCUT2D eigenvalue weighted by atomic mass is 10.1. The first-order chi connectivity index (χ1) is 15.8. The number of amides is 1. The molecule has 1 N–H and O–H groups in total. The standard InChI is InChI=1S/C23H21FN4O4S/c1-14-21-18(23(29)25-12-15-4-6-16(24)7-5-15)11-19(20-3-2-9-32-20)26-22(21)28(27-14)17-8-10-33(30,31)13-17/h2-7,9,11,17H,8,10,12-13H2,1H3,(H,25,29)/t17-/m0/s1. The summed E-state index contributed by atoms with van der Waals surface area (Å²) in [6.45, 7) is 1.99. The van der Waals surface area contributed by atoms with Crippen molar-refractivity contribution < 1.29 is 22.0 Å². The second-order valence-electron chi connectivity index (χ2n) is 8.13. The van der Waals surface area contributed by atoms with Crippen LogP contribution in [0, 0.1) is 12.7 Å². The molecule has 0 bridgehead atoms. The zero-order chi connectivity index (χ0) is 23.2. The largest absolute Gasteiger partial charge is 0.463 e. The Hall–Kier alpha value is -3.53. The highest BCUT2D eigenvalue weighted by atomic mass is 32.2. The number of carbonyl (C=O) groups is 1. The maximum atomic E-state index is 13.2. The Bertz CT molecular complexity index is 1440. The molecule has 1 aromatic carbocycles. The SMILES string of the molecule is Cc1nn([C@H]2CCS(=O)(=O)C2)c2nc(-c3ccco3)cc(C(=O)NCc3ccc(F)cc3)c12. The van der Waals surface area contributed by atoms with Crippen LogP contribution in [0.3, 0.4) is 0 Å². The smallest absolute Gasteiger partial charge is 0.252 e. The summed E-state index contributed by atoms with van der Waals surface area (Å²) in [6, 6.07) is 10.7. The molecule has 170 valence electrons. The van der Waals surface area contributed by atoms with Gasteiger partial charge >= 0.3 is 0 Å². The highest BCUT2D eigenvalue weighted by molar-refractivity contribution is 7.91. The first-order valence-corrected chi connectivity index (χ1v) is 12.3. The molecule has 0 aliphatic carbocycles. The van der Waals surface area contributed by atoms with E-state index in [2.05, 4.69) is 10.4 Å². The zero-order valence-corrected chi connectivity index (χ0v) is 18.6. The molecular formula is C23H21FN4O4S. The molecule has 3 aromatic heterocycles. The summed E-state index contributed by atoms with van der Waals surface area (Å²) in [5.74, 6) is -0.126. The number of rotatable bonds is 5. The molecule has 0 saturated carbocycles. The van der Waals surface area contributed by atoms with E-state index in [0.29, 0.717) is 40.2 Å². The second-order valence-corrected chi connectivity index (χ2v) is 10.4. The average molecular weight is 469 g/mol. The molecule has 8 nitrogen and oxygen atoms in total. The lowest BCUT2D eigenvalue weighted by Gasteiger charge is -2.12. The minimum absolute atomic E-state index is 0.0119. The van der Waals surface area contributed by atoms with Crippen molar-refractivity contribution in [1.82, 2.24) is 20.1 Å². The Morgan fingerprint density at radius 1 is 1.27 bits per heavy atom. The number of nitrogens with zero attached hydrogens (tertiary/aromatic N) is 3. The fourth-order valence-electron chi connectivity index (χ4n) is 4.15. The normalized spacial score (nSPS) is 17.5. The van der Waals surface area contributed by atoms with Gasteiger partial charge < -0.3 is 9.73 Å². The highest BCUT2D eigenvalue weighted by Gasteiger charge is 2.32. The topological polar surface area (TPSA) is 107 Å². The number of aromatic nitrogens is 3. The van der Waals surface area contributed by atoms with E-state index >= 15 is 0 Å². The molecule has 0 unspecified atom stereocenters. The number of pyridine rings is 1. The van der Waals surface area contributed by atoms with E-state index in [1.807, 2.05) is 0 Å². The predicted octanol–water partition coefficient (Wildman–Crippen LogP) is 3.43. The van der Waals surface area contributed by atoms with Gasteiger partial charge in [-0.15, -0.1) is 0 Å². The van der Waals surface area contributed by atoms with Gasteiger partial charge in [-0.25, -0.2) is 22.5 Å². The fourth-order valence-corrected chi connectivity index (χ4v) is 5.84. The second kappa shape index (κ2) is 8.11. The Morgan fingerprint density at radius 3 is 2.73 bits per heavy atom. The number of fused-ring (bicyclic) bond motifs is 1. The number of furan rings is 1. The van der Waals surface area contributed by atoms with Crippen LogP contribution in [0.5, 0.6) is 0 Å². The van der Waals surface area contributed by atoms with Crippen LogP contribution in [0.4, 0.5) is 4.39 Å². The number of aryl methyl sites for hydroxylation is 1. The molecule has 1 atom stereocenters. The molecule has 5 rings (SSSR count). The third-order valence-electron chi connectivity index (χ3n) is 5.78. The van der Waals surface area contributed by atoms with Crippen molar-refractivity contribution >= 4 is 26.8 Å². The van der Waals surface area contributed by atoms with E-state index in [9.17, 15) is 17.6 Å². The molecule has 1 amide bonds. The maximum absolute atomic E-state index is 13.2. The predicted molar refractivity (Wildman–Crippen MR) is 120 cm³/mol. The summed E-state index contributed by atoms with van der Waals surface area (Å²) in [7, 11) is -3.14. The van der Waals surface area contributed by atoms with Gasteiger partial charge in [0.1, 0.15) is 11.5 Å². The van der Waals surface area contributed by atoms with Gasteiger partial charge in [0.25, 0.3) is 5.91 Å². The van der Waals surface area contributed by atoms with Gasteiger partial charge in [0.05, 0.1) is 40.5 Å². The molecule has 1 fully saturated rings. The van der Waals surface area contributed by atoms with Gasteiger partial charge in [-0.1, -0.05) is 12.1 Å². The summed E-state index contributed by atoms with van der Waals surface area (Å²) in [6.07, 6.45) is 1.96. The summed E-state index contributed by atoms with van der Waals surface area (Å²) in [4.78, 5) is 17.9. The summed E-state index contributed by atoms with van der Waals surface area (Å²) >= 11 is 0. The lowest BCUT2D eigenvalue weighted by molar-refractivity contribution is 0.0952. The van der Waals surface area contributed by atoms with E-state index in [0.717, 1.165) is 5.56 Å². The Kier molecular flexibility index (Phi) is 5.24. The van der Waals surface area contributed by atoms with Crippen molar-refractivity contribution in [2.45, 2.75) is 25.9 Å². The van der Waals surface area contributed by atoms with Gasteiger partial charge in [0.2, 0.25) is 0 Å². The van der Waals surface area contributed by atoms with E-state index in [1.165, 1.54) is 18.4 Å². The molecule has 1 aliphatic rings. The van der Waals surface area contributed by atoms with Crippen molar-refractivity contribution in [2.24, 2.45) is 0 Å². The molecule has 4 heterocycles. The molecule has 1 saturated heterocycles. The third kappa shape index (κ3) is 4.13. The zero-order valence-electron chi connectivity index (χ0n) is 17.8. The maximum Gasteiger partial charge on any atom is 0.252 e. The van der Waals surface area contributed by atoms with Crippen LogP contribution in [0.1, 0.15) is 34.1 Å². The van der Waals surface area contributed by atoms with Gasteiger partial charge in [0.15, 0.2) is 21.2 Å². The minimum Gasteiger partial charge on any atom is -0.463 e. The van der Waals surface area contributed by atoms with Crippen molar-refractivity contribution in [1.29, 1.82) is 0 Å². The molecular weight excluding hydrogens is 447 g/mol. The van der Waals surface area contributed by atoms with Crippen LogP contribution in [-0.2, 0) is 16.4 Å². The number of sulfone groups is 1. The molecule has 4 aromatic rings. The number of nitrogens with one attached hydrogen (secondary N) is 1. The Morgan fingerprint density at radius 2 is 2.06 bits per heavy atom. The fraction of sp³-hybridized carbons (Fsp3) is 0.261. The van der Waals surface area contributed by atoms with Crippen LogP contribution < -0.4 is 5.32 Å². The van der Waals surface area contributed by atoms with Gasteiger partial charge in [-0.2, -0.15) is 5.10 Å². The first kappa shape index (κ1) is 21.3. The third-order valence-corrected chi connectivity index (χ3v) is 7.53. The summed E-state index contributed by atoms with van der Waals surface area (Å²) in [5, 5.41) is 8.00. The Labute approximate surface area is 189 Å². The summed E-state index contributed by atoms with van der Waals surface area (Å²) in [5.41, 5.74) is 2.58.